The first kappa shape index (κ1) is 20.2. The quantitative estimate of drug-likeness (QED) is 0.420. The van der Waals surface area contributed by atoms with Crippen molar-refractivity contribution in [3.8, 4) is 5.75 Å². The maximum absolute atomic E-state index is 13.4. The zero-order valence-electron chi connectivity index (χ0n) is 16.3. The number of nitrogens with zero attached hydrogens (tertiary/aromatic N) is 1. The average Bonchev–Trinajstić information content (AvgIpc) is 2.64. The van der Waals surface area contributed by atoms with Gasteiger partial charge in [-0.25, -0.2) is 0 Å². The highest BCUT2D eigenvalue weighted by Crippen LogP contribution is 2.48. The van der Waals surface area contributed by atoms with Gasteiger partial charge in [0.05, 0.1) is 11.6 Å². The highest BCUT2D eigenvalue weighted by molar-refractivity contribution is 6.32. The highest BCUT2D eigenvalue weighted by atomic mass is 16.3. The Hall–Kier alpha value is -3.11. The Kier molecular flexibility index (Phi) is 4.33. The second kappa shape index (κ2) is 6.44. The number of anilines is 1. The first-order valence-electron chi connectivity index (χ1n) is 9.45. The molecular formula is C20H21N3O7. The number of aliphatic hydroxyl groups is 1. The zero-order valence-corrected chi connectivity index (χ0v) is 16.3. The summed E-state index contributed by atoms with van der Waals surface area (Å²) in [6, 6.07) is 2.47. The van der Waals surface area contributed by atoms with Crippen LogP contribution in [0.1, 0.15) is 16.8 Å². The standard InChI is InChI=1S/C20H21N3O7/c1-23(2)14-7-6-9-12(15(25)11-8(22-9)4-3-5-10(11)24)17(27)20(7,30)18(28)13(16(14)26)19(21)29/h3-5,7,9,12-14,22,24,30H,6H2,1-2H3,(H2,21,29). The molecule has 1 aromatic carbocycles. The van der Waals surface area contributed by atoms with E-state index in [1.54, 1.807) is 6.07 Å². The Balaban J connectivity index is 1.87. The van der Waals surface area contributed by atoms with Gasteiger partial charge >= 0.3 is 0 Å². The number of hydrogen-bond acceptors (Lipinski definition) is 9. The molecule has 3 aliphatic rings. The number of amides is 1. The molecule has 6 unspecified atom stereocenters. The predicted molar refractivity (Wildman–Crippen MR) is 102 cm³/mol. The van der Waals surface area contributed by atoms with Crippen LogP contribution in [0.4, 0.5) is 5.69 Å². The number of phenols is 1. The summed E-state index contributed by atoms with van der Waals surface area (Å²) >= 11 is 0. The number of aromatic hydroxyl groups is 1. The number of nitrogens with two attached hydrogens (primary N) is 1. The lowest BCUT2D eigenvalue weighted by molar-refractivity contribution is -0.179. The Labute approximate surface area is 171 Å². The molecule has 2 fully saturated rings. The van der Waals surface area contributed by atoms with E-state index in [4.69, 9.17) is 5.73 Å². The Morgan fingerprint density at radius 1 is 1.20 bits per heavy atom. The molecule has 0 radical (unpaired) electrons. The normalized spacial score (nSPS) is 35.4. The molecule has 1 aliphatic heterocycles. The van der Waals surface area contributed by atoms with Crippen molar-refractivity contribution in [1.29, 1.82) is 0 Å². The molecule has 30 heavy (non-hydrogen) atoms. The molecule has 10 nitrogen and oxygen atoms in total. The summed E-state index contributed by atoms with van der Waals surface area (Å²) in [4.78, 5) is 65.7. The summed E-state index contributed by atoms with van der Waals surface area (Å²) in [6.45, 7) is 0. The van der Waals surface area contributed by atoms with Gasteiger partial charge in [0, 0.05) is 17.6 Å². The number of rotatable bonds is 2. The topological polar surface area (TPSA) is 167 Å². The van der Waals surface area contributed by atoms with Crippen molar-refractivity contribution < 1.29 is 34.2 Å². The number of likely N-dealkylation sites (N-methyl/N-ethyl adjacent to an activating group) is 1. The van der Waals surface area contributed by atoms with Crippen LogP contribution in [0.5, 0.6) is 5.75 Å². The van der Waals surface area contributed by atoms with Crippen molar-refractivity contribution in [2.45, 2.75) is 24.1 Å². The molecule has 1 heterocycles. The van der Waals surface area contributed by atoms with E-state index in [1.165, 1.54) is 31.1 Å². The number of carbonyl (C=O) groups excluding carboxylic acids is 5. The summed E-state index contributed by atoms with van der Waals surface area (Å²) in [6.07, 6.45) is -0.0560. The Bertz CT molecular complexity index is 1020. The van der Waals surface area contributed by atoms with E-state index in [0.717, 1.165) is 0 Å². The van der Waals surface area contributed by atoms with Gasteiger partial charge in [-0.2, -0.15) is 0 Å². The number of benzene rings is 1. The summed E-state index contributed by atoms with van der Waals surface area (Å²) in [5.41, 5.74) is 2.74. The SMILES string of the molecule is CN(C)C1C(=O)C(C(N)=O)C(=O)C2(O)C(=O)C3C(=O)c4c(O)cccc4NC3CC12. The summed E-state index contributed by atoms with van der Waals surface area (Å²) in [5.74, 6) is -10.1. The molecule has 1 aromatic rings. The minimum atomic E-state index is -2.72. The minimum Gasteiger partial charge on any atom is -0.507 e. The molecule has 4 rings (SSSR count). The summed E-state index contributed by atoms with van der Waals surface area (Å²) < 4.78 is 0. The van der Waals surface area contributed by atoms with Gasteiger partial charge < -0.3 is 21.3 Å². The fourth-order valence-electron chi connectivity index (χ4n) is 5.17. The van der Waals surface area contributed by atoms with Gasteiger partial charge in [-0.05, 0) is 32.6 Å². The van der Waals surface area contributed by atoms with Crippen LogP contribution in [-0.4, -0.2) is 75.9 Å². The third-order valence-electron chi connectivity index (χ3n) is 6.45. The van der Waals surface area contributed by atoms with E-state index in [-0.39, 0.29) is 17.7 Å². The number of Topliss-reactive ketones (excluding diaryl/α,β-unsaturated/α-hetero) is 4. The zero-order chi connectivity index (χ0) is 22.1. The highest BCUT2D eigenvalue weighted by Gasteiger charge is 2.69. The molecule has 158 valence electrons. The van der Waals surface area contributed by atoms with Crippen molar-refractivity contribution in [2.24, 2.45) is 23.5 Å². The molecule has 0 bridgehead atoms. The van der Waals surface area contributed by atoms with Crippen molar-refractivity contribution in [3.63, 3.8) is 0 Å². The molecule has 6 atom stereocenters. The van der Waals surface area contributed by atoms with Crippen molar-refractivity contribution in [2.75, 3.05) is 19.4 Å². The Morgan fingerprint density at radius 3 is 2.47 bits per heavy atom. The number of ketones is 4. The van der Waals surface area contributed by atoms with Crippen molar-refractivity contribution in [3.05, 3.63) is 23.8 Å². The van der Waals surface area contributed by atoms with Crippen molar-refractivity contribution in [1.82, 2.24) is 4.90 Å². The Morgan fingerprint density at radius 2 is 1.87 bits per heavy atom. The van der Waals surface area contributed by atoms with E-state index in [9.17, 15) is 34.2 Å². The van der Waals surface area contributed by atoms with Gasteiger partial charge in [-0.3, -0.25) is 28.9 Å². The molecule has 0 aromatic heterocycles. The van der Waals surface area contributed by atoms with Crippen LogP contribution in [0, 0.1) is 17.8 Å². The van der Waals surface area contributed by atoms with Crippen molar-refractivity contribution >= 4 is 34.7 Å². The largest absolute Gasteiger partial charge is 0.507 e. The lowest BCUT2D eigenvalue weighted by atomic mass is 9.55. The predicted octanol–water partition coefficient (Wildman–Crippen LogP) is -1.51. The van der Waals surface area contributed by atoms with E-state index in [1.807, 2.05) is 0 Å². The number of carbonyl (C=O) groups is 5. The van der Waals surface area contributed by atoms with E-state index in [2.05, 4.69) is 5.32 Å². The van der Waals surface area contributed by atoms with E-state index < -0.39 is 64.5 Å². The van der Waals surface area contributed by atoms with Crippen LogP contribution in [-0.2, 0) is 19.2 Å². The molecule has 0 saturated heterocycles. The van der Waals surface area contributed by atoms with Gasteiger partial charge in [0.1, 0.15) is 11.7 Å². The van der Waals surface area contributed by atoms with Crippen LogP contribution < -0.4 is 11.1 Å². The maximum atomic E-state index is 13.4. The molecule has 5 N–H and O–H groups in total. The lowest BCUT2D eigenvalue weighted by Crippen LogP contribution is -2.75. The summed E-state index contributed by atoms with van der Waals surface area (Å²) in [5, 5.41) is 24.5. The van der Waals surface area contributed by atoms with Gasteiger partial charge in [0.25, 0.3) is 0 Å². The number of phenolic OH excluding ortho intramolecular Hbond substituents is 1. The number of fused-ring (bicyclic) bond motifs is 3. The van der Waals surface area contributed by atoms with Crippen LogP contribution in [0.2, 0.25) is 0 Å². The molecule has 2 aliphatic carbocycles. The molecular weight excluding hydrogens is 394 g/mol. The van der Waals surface area contributed by atoms with Crippen LogP contribution >= 0.6 is 0 Å². The molecule has 1 amide bonds. The van der Waals surface area contributed by atoms with Gasteiger partial charge in [0.15, 0.2) is 34.7 Å². The minimum absolute atomic E-state index is 0.0560. The number of primary amides is 1. The fraction of sp³-hybridized carbons (Fsp3) is 0.450. The number of hydrogen-bond donors (Lipinski definition) is 4. The van der Waals surface area contributed by atoms with Gasteiger partial charge in [-0.1, -0.05) is 6.07 Å². The third-order valence-corrected chi connectivity index (χ3v) is 6.45. The summed E-state index contributed by atoms with van der Waals surface area (Å²) in [7, 11) is 3.06. The lowest BCUT2D eigenvalue weighted by Gasteiger charge is -2.52. The molecule has 10 heteroatoms. The third kappa shape index (κ3) is 2.40. The number of nitrogens with one attached hydrogen (secondary N) is 1. The average molecular weight is 415 g/mol. The first-order valence-corrected chi connectivity index (χ1v) is 9.45. The first-order chi connectivity index (χ1) is 14.0. The van der Waals surface area contributed by atoms with E-state index >= 15 is 0 Å². The van der Waals surface area contributed by atoms with Crippen LogP contribution in [0.15, 0.2) is 18.2 Å². The monoisotopic (exact) mass is 415 g/mol. The van der Waals surface area contributed by atoms with E-state index in [0.29, 0.717) is 5.69 Å². The maximum Gasteiger partial charge on any atom is 0.235 e. The van der Waals surface area contributed by atoms with Crippen LogP contribution in [0.25, 0.3) is 0 Å². The smallest absolute Gasteiger partial charge is 0.235 e. The fourth-order valence-corrected chi connectivity index (χ4v) is 5.17. The van der Waals surface area contributed by atoms with Crippen LogP contribution in [0.3, 0.4) is 0 Å². The second-order valence-electron chi connectivity index (χ2n) is 8.28. The van der Waals surface area contributed by atoms with Gasteiger partial charge in [-0.15, -0.1) is 0 Å². The van der Waals surface area contributed by atoms with Gasteiger partial charge in [0.2, 0.25) is 5.91 Å². The molecule has 0 spiro atoms. The second-order valence-corrected chi connectivity index (χ2v) is 8.28. The molecule has 2 saturated carbocycles.